The number of nitrogens with zero attached hydrogens (tertiary/aromatic N) is 4. The van der Waals surface area contributed by atoms with Gasteiger partial charge in [-0.3, -0.25) is 0 Å². The van der Waals surface area contributed by atoms with Gasteiger partial charge in [-0.05, 0) is 53.2 Å². The lowest BCUT2D eigenvalue weighted by Gasteiger charge is -2.07. The molecule has 2 aromatic carbocycles. The van der Waals surface area contributed by atoms with E-state index in [0.29, 0.717) is 11.5 Å². The van der Waals surface area contributed by atoms with Gasteiger partial charge in [-0.25, -0.2) is 0 Å². The van der Waals surface area contributed by atoms with Crippen molar-refractivity contribution in [2.24, 2.45) is 0 Å². The van der Waals surface area contributed by atoms with E-state index in [1.54, 1.807) is 4.68 Å². The molecular formula is C14H12BrN5. The van der Waals surface area contributed by atoms with Crippen molar-refractivity contribution in [2.45, 2.75) is 6.92 Å². The normalized spacial score (nSPS) is 10.7. The number of aryl methyl sites for hydroxylation is 1. The van der Waals surface area contributed by atoms with Crippen LogP contribution in [0.4, 0.5) is 5.69 Å². The maximum absolute atomic E-state index is 5.81. The van der Waals surface area contributed by atoms with E-state index in [9.17, 15) is 0 Å². The molecule has 0 amide bonds. The molecule has 3 aromatic rings. The molecule has 6 heteroatoms. The zero-order valence-electron chi connectivity index (χ0n) is 10.8. The molecule has 1 heterocycles. The summed E-state index contributed by atoms with van der Waals surface area (Å²) in [6.45, 7) is 2.03. The van der Waals surface area contributed by atoms with Crippen LogP contribution in [0, 0.1) is 6.92 Å². The van der Waals surface area contributed by atoms with Gasteiger partial charge in [0.2, 0.25) is 0 Å². The van der Waals surface area contributed by atoms with Crippen molar-refractivity contribution in [3.8, 4) is 17.1 Å². The first-order valence-corrected chi connectivity index (χ1v) is 6.85. The number of hydrogen-bond acceptors (Lipinski definition) is 4. The smallest absolute Gasteiger partial charge is 0.187 e. The molecule has 3 rings (SSSR count). The van der Waals surface area contributed by atoms with Gasteiger partial charge in [0.1, 0.15) is 0 Å². The Bertz CT molecular complexity index is 766. The molecule has 0 aliphatic carbocycles. The molecule has 0 bridgehead atoms. The van der Waals surface area contributed by atoms with Crippen molar-refractivity contribution in [3.05, 3.63) is 52.5 Å². The van der Waals surface area contributed by atoms with E-state index in [4.69, 9.17) is 5.73 Å². The lowest BCUT2D eigenvalue weighted by atomic mass is 10.2. The number of rotatable bonds is 2. The lowest BCUT2D eigenvalue weighted by molar-refractivity contribution is 0.790. The molecule has 0 aliphatic heterocycles. The number of aromatic nitrogens is 4. The van der Waals surface area contributed by atoms with E-state index in [0.717, 1.165) is 21.3 Å². The van der Waals surface area contributed by atoms with Gasteiger partial charge < -0.3 is 5.73 Å². The van der Waals surface area contributed by atoms with Crippen molar-refractivity contribution < 1.29 is 0 Å². The molecule has 0 unspecified atom stereocenters. The Kier molecular flexibility index (Phi) is 3.23. The minimum Gasteiger partial charge on any atom is -0.399 e. The number of nitrogens with two attached hydrogens (primary N) is 1. The van der Waals surface area contributed by atoms with Crippen molar-refractivity contribution in [1.29, 1.82) is 0 Å². The molecule has 2 N–H and O–H groups in total. The van der Waals surface area contributed by atoms with Crippen LogP contribution in [0.3, 0.4) is 0 Å². The van der Waals surface area contributed by atoms with Crippen LogP contribution < -0.4 is 5.73 Å². The summed E-state index contributed by atoms with van der Waals surface area (Å²) in [4.78, 5) is 0. The Labute approximate surface area is 124 Å². The second-order valence-electron chi connectivity index (χ2n) is 4.47. The Morgan fingerprint density at radius 1 is 1.15 bits per heavy atom. The highest BCUT2D eigenvalue weighted by Gasteiger charge is 2.11. The Hall–Kier alpha value is -2.21. The van der Waals surface area contributed by atoms with E-state index >= 15 is 0 Å². The van der Waals surface area contributed by atoms with Crippen LogP contribution >= 0.6 is 15.9 Å². The molecule has 0 saturated carbocycles. The van der Waals surface area contributed by atoms with E-state index in [1.807, 2.05) is 49.4 Å². The van der Waals surface area contributed by atoms with Crippen LogP contribution in [0.2, 0.25) is 0 Å². The maximum Gasteiger partial charge on any atom is 0.187 e. The molecule has 0 aliphatic rings. The van der Waals surface area contributed by atoms with Crippen molar-refractivity contribution >= 4 is 21.6 Å². The first-order valence-electron chi connectivity index (χ1n) is 6.06. The maximum atomic E-state index is 5.81. The number of hydrogen-bond donors (Lipinski definition) is 1. The number of nitrogen functional groups attached to an aromatic ring is 1. The number of anilines is 1. The highest BCUT2D eigenvalue weighted by atomic mass is 79.9. The summed E-state index contributed by atoms with van der Waals surface area (Å²) in [5, 5.41) is 11.9. The number of benzene rings is 2. The van der Waals surface area contributed by atoms with Crippen molar-refractivity contribution in [2.75, 3.05) is 5.73 Å². The van der Waals surface area contributed by atoms with E-state index in [-0.39, 0.29) is 0 Å². The summed E-state index contributed by atoms with van der Waals surface area (Å²) >= 11 is 3.49. The van der Waals surface area contributed by atoms with Crippen molar-refractivity contribution in [1.82, 2.24) is 20.2 Å². The third-order valence-electron chi connectivity index (χ3n) is 3.00. The molecule has 0 saturated heterocycles. The summed E-state index contributed by atoms with van der Waals surface area (Å²) in [5.41, 5.74) is 9.41. The van der Waals surface area contributed by atoms with Crippen LogP contribution in [0.1, 0.15) is 5.56 Å². The number of halogens is 1. The standard InChI is InChI=1S/C14H12BrN5/c1-9-7-12(5-6-13(9)15)20-14(17-18-19-20)10-3-2-4-11(16)8-10/h2-8H,16H2,1H3. The topological polar surface area (TPSA) is 69.6 Å². The van der Waals surface area contributed by atoms with Crippen LogP contribution in [0.25, 0.3) is 17.1 Å². The fourth-order valence-electron chi connectivity index (χ4n) is 1.98. The van der Waals surface area contributed by atoms with E-state index in [2.05, 4.69) is 31.5 Å². The van der Waals surface area contributed by atoms with Gasteiger partial charge in [0.25, 0.3) is 0 Å². The van der Waals surface area contributed by atoms with Gasteiger partial charge in [-0.2, -0.15) is 4.68 Å². The SMILES string of the molecule is Cc1cc(-n2nnnc2-c2cccc(N)c2)ccc1Br. The molecule has 5 nitrogen and oxygen atoms in total. The third kappa shape index (κ3) is 2.30. The first-order chi connectivity index (χ1) is 9.65. The summed E-state index contributed by atoms with van der Waals surface area (Å²) in [6, 6.07) is 13.5. The lowest BCUT2D eigenvalue weighted by Crippen LogP contribution is -2.00. The molecule has 1 aromatic heterocycles. The monoisotopic (exact) mass is 329 g/mol. The predicted molar refractivity (Wildman–Crippen MR) is 81.4 cm³/mol. The average molecular weight is 330 g/mol. The third-order valence-corrected chi connectivity index (χ3v) is 3.89. The Balaban J connectivity index is 2.12. The van der Waals surface area contributed by atoms with Crippen LogP contribution in [-0.4, -0.2) is 20.2 Å². The molecule has 20 heavy (non-hydrogen) atoms. The van der Waals surface area contributed by atoms with Crippen molar-refractivity contribution in [3.63, 3.8) is 0 Å². The minimum atomic E-state index is 0.666. The Morgan fingerprint density at radius 3 is 2.75 bits per heavy atom. The van der Waals surface area contributed by atoms with Gasteiger partial charge in [0.05, 0.1) is 5.69 Å². The Morgan fingerprint density at radius 2 is 2.00 bits per heavy atom. The van der Waals surface area contributed by atoms with Gasteiger partial charge in [0, 0.05) is 15.7 Å². The first kappa shape index (κ1) is 12.8. The predicted octanol–water partition coefficient (Wildman–Crippen LogP) is 2.98. The fourth-order valence-corrected chi connectivity index (χ4v) is 2.23. The van der Waals surface area contributed by atoms with Gasteiger partial charge in [-0.1, -0.05) is 28.1 Å². The van der Waals surface area contributed by atoms with E-state index in [1.165, 1.54) is 0 Å². The zero-order chi connectivity index (χ0) is 14.1. The summed E-state index contributed by atoms with van der Waals surface area (Å²) in [6.07, 6.45) is 0. The molecule has 0 spiro atoms. The second-order valence-corrected chi connectivity index (χ2v) is 5.33. The quantitative estimate of drug-likeness (QED) is 0.734. The highest BCUT2D eigenvalue weighted by Crippen LogP contribution is 2.24. The minimum absolute atomic E-state index is 0.666. The van der Waals surface area contributed by atoms with Crippen LogP contribution in [0.5, 0.6) is 0 Å². The summed E-state index contributed by atoms with van der Waals surface area (Å²) < 4.78 is 2.76. The van der Waals surface area contributed by atoms with Gasteiger partial charge in [-0.15, -0.1) is 5.10 Å². The highest BCUT2D eigenvalue weighted by molar-refractivity contribution is 9.10. The molecular weight excluding hydrogens is 318 g/mol. The van der Waals surface area contributed by atoms with Crippen LogP contribution in [0.15, 0.2) is 46.9 Å². The average Bonchev–Trinajstić information content (AvgIpc) is 2.91. The molecule has 0 atom stereocenters. The summed E-state index contributed by atoms with van der Waals surface area (Å²) in [7, 11) is 0. The van der Waals surface area contributed by atoms with E-state index < -0.39 is 0 Å². The molecule has 0 radical (unpaired) electrons. The fraction of sp³-hybridized carbons (Fsp3) is 0.0714. The largest absolute Gasteiger partial charge is 0.399 e. The van der Waals surface area contributed by atoms with Crippen LogP contribution in [-0.2, 0) is 0 Å². The summed E-state index contributed by atoms with van der Waals surface area (Å²) in [5.74, 6) is 0.666. The zero-order valence-corrected chi connectivity index (χ0v) is 12.4. The molecule has 0 fully saturated rings. The second kappa shape index (κ2) is 5.05. The van der Waals surface area contributed by atoms with Gasteiger partial charge in [0.15, 0.2) is 5.82 Å². The molecule has 100 valence electrons. The van der Waals surface area contributed by atoms with Gasteiger partial charge >= 0.3 is 0 Å². The number of tetrazole rings is 1.